The van der Waals surface area contributed by atoms with Crippen LogP contribution in [0.25, 0.3) is 0 Å². The van der Waals surface area contributed by atoms with E-state index in [0.717, 1.165) is 6.07 Å². The standard InChI is InChI=1S/C13H10ClFN2O/c14-10-7-8(15)5-6-9(10)13(18)17-12-4-2-1-3-11(12)16/h1-7H,16H2,(H,17,18). The molecule has 0 aromatic heterocycles. The van der Waals surface area contributed by atoms with Crippen LogP contribution in [-0.2, 0) is 0 Å². The number of carbonyl (C=O) groups excluding carboxylic acids is 1. The van der Waals surface area contributed by atoms with Crippen molar-refractivity contribution in [3.8, 4) is 0 Å². The summed E-state index contributed by atoms with van der Waals surface area (Å²) in [5.74, 6) is -0.923. The molecule has 92 valence electrons. The molecule has 0 bridgehead atoms. The third kappa shape index (κ3) is 2.60. The highest BCUT2D eigenvalue weighted by atomic mass is 35.5. The van der Waals surface area contributed by atoms with E-state index < -0.39 is 11.7 Å². The summed E-state index contributed by atoms with van der Waals surface area (Å²) in [5, 5.41) is 2.67. The van der Waals surface area contributed by atoms with Crippen molar-refractivity contribution in [3.63, 3.8) is 0 Å². The van der Waals surface area contributed by atoms with Gasteiger partial charge in [0.2, 0.25) is 0 Å². The molecule has 2 aromatic carbocycles. The van der Waals surface area contributed by atoms with E-state index in [1.54, 1.807) is 24.3 Å². The molecule has 2 rings (SSSR count). The molecule has 0 aliphatic heterocycles. The summed E-state index contributed by atoms with van der Waals surface area (Å²) in [6.45, 7) is 0. The monoisotopic (exact) mass is 264 g/mol. The number of amides is 1. The second-order valence-corrected chi connectivity index (χ2v) is 4.07. The second-order valence-electron chi connectivity index (χ2n) is 3.67. The summed E-state index contributed by atoms with van der Waals surface area (Å²) in [5.41, 5.74) is 6.83. The molecule has 0 spiro atoms. The molecule has 18 heavy (non-hydrogen) atoms. The fourth-order valence-electron chi connectivity index (χ4n) is 1.47. The van der Waals surface area contributed by atoms with Crippen molar-refractivity contribution in [2.45, 2.75) is 0 Å². The van der Waals surface area contributed by atoms with Crippen molar-refractivity contribution in [2.24, 2.45) is 0 Å². The largest absolute Gasteiger partial charge is 0.397 e. The normalized spacial score (nSPS) is 10.1. The van der Waals surface area contributed by atoms with Crippen LogP contribution in [0.5, 0.6) is 0 Å². The fourth-order valence-corrected chi connectivity index (χ4v) is 1.73. The maximum Gasteiger partial charge on any atom is 0.257 e. The summed E-state index contributed by atoms with van der Waals surface area (Å²) >= 11 is 5.80. The van der Waals surface area contributed by atoms with E-state index in [0.29, 0.717) is 11.4 Å². The van der Waals surface area contributed by atoms with Gasteiger partial charge in [0.05, 0.1) is 22.0 Å². The van der Waals surface area contributed by atoms with E-state index in [1.807, 2.05) is 0 Å². The zero-order chi connectivity index (χ0) is 13.1. The minimum atomic E-state index is -0.490. The molecule has 0 fully saturated rings. The third-order valence-electron chi connectivity index (χ3n) is 2.38. The van der Waals surface area contributed by atoms with Gasteiger partial charge in [-0.3, -0.25) is 4.79 Å². The Morgan fingerprint density at radius 2 is 1.94 bits per heavy atom. The van der Waals surface area contributed by atoms with Crippen LogP contribution in [0.4, 0.5) is 15.8 Å². The van der Waals surface area contributed by atoms with Gasteiger partial charge in [-0.25, -0.2) is 4.39 Å². The van der Waals surface area contributed by atoms with Gasteiger partial charge in [-0.1, -0.05) is 23.7 Å². The van der Waals surface area contributed by atoms with Crippen LogP contribution >= 0.6 is 11.6 Å². The molecular weight excluding hydrogens is 255 g/mol. The minimum absolute atomic E-state index is 0.0574. The number of nitrogens with one attached hydrogen (secondary N) is 1. The Labute approximate surface area is 108 Å². The number of para-hydroxylation sites is 2. The SMILES string of the molecule is Nc1ccccc1NC(=O)c1ccc(F)cc1Cl. The van der Waals surface area contributed by atoms with Crippen molar-refractivity contribution in [1.82, 2.24) is 0 Å². The first-order valence-corrected chi connectivity index (χ1v) is 5.56. The summed E-state index contributed by atoms with van der Waals surface area (Å²) in [7, 11) is 0. The molecule has 0 heterocycles. The number of rotatable bonds is 2. The Morgan fingerprint density at radius 3 is 2.61 bits per heavy atom. The number of nitrogens with two attached hydrogens (primary N) is 1. The highest BCUT2D eigenvalue weighted by Crippen LogP contribution is 2.21. The Kier molecular flexibility index (Phi) is 3.48. The molecule has 0 saturated heterocycles. The van der Waals surface area contributed by atoms with E-state index in [9.17, 15) is 9.18 Å². The molecule has 0 atom stereocenters. The van der Waals surface area contributed by atoms with Gasteiger partial charge in [0.1, 0.15) is 5.82 Å². The van der Waals surface area contributed by atoms with Gasteiger partial charge in [-0.15, -0.1) is 0 Å². The highest BCUT2D eigenvalue weighted by molar-refractivity contribution is 6.34. The van der Waals surface area contributed by atoms with Crippen molar-refractivity contribution >= 4 is 28.9 Å². The average molecular weight is 265 g/mol. The number of nitrogen functional groups attached to an aromatic ring is 1. The molecule has 0 aliphatic rings. The van der Waals surface area contributed by atoms with Crippen LogP contribution in [0.15, 0.2) is 42.5 Å². The van der Waals surface area contributed by atoms with E-state index in [-0.39, 0.29) is 10.6 Å². The topological polar surface area (TPSA) is 55.1 Å². The molecule has 0 saturated carbocycles. The van der Waals surface area contributed by atoms with Crippen LogP contribution in [-0.4, -0.2) is 5.91 Å². The first-order chi connectivity index (χ1) is 8.58. The molecule has 5 heteroatoms. The van der Waals surface area contributed by atoms with Gasteiger partial charge in [-0.2, -0.15) is 0 Å². The average Bonchev–Trinajstić information content (AvgIpc) is 2.32. The van der Waals surface area contributed by atoms with Crippen LogP contribution < -0.4 is 11.1 Å². The van der Waals surface area contributed by atoms with E-state index >= 15 is 0 Å². The quantitative estimate of drug-likeness (QED) is 0.818. The van der Waals surface area contributed by atoms with Crippen molar-refractivity contribution < 1.29 is 9.18 Å². The van der Waals surface area contributed by atoms with Gasteiger partial charge in [0, 0.05) is 0 Å². The van der Waals surface area contributed by atoms with Crippen LogP contribution in [0.2, 0.25) is 5.02 Å². The predicted octanol–water partition coefficient (Wildman–Crippen LogP) is 3.31. The van der Waals surface area contributed by atoms with E-state index in [2.05, 4.69) is 5.32 Å². The maximum atomic E-state index is 12.9. The lowest BCUT2D eigenvalue weighted by Gasteiger charge is -2.08. The molecule has 3 N–H and O–H groups in total. The predicted molar refractivity (Wildman–Crippen MR) is 70.2 cm³/mol. The second kappa shape index (κ2) is 5.06. The number of benzene rings is 2. The Bertz CT molecular complexity index is 601. The summed E-state index contributed by atoms with van der Waals surface area (Å²) in [4.78, 5) is 11.9. The van der Waals surface area contributed by atoms with Gasteiger partial charge in [0.15, 0.2) is 0 Å². The first kappa shape index (κ1) is 12.4. The number of hydrogen-bond acceptors (Lipinski definition) is 2. The zero-order valence-electron chi connectivity index (χ0n) is 9.28. The molecule has 0 aliphatic carbocycles. The lowest BCUT2D eigenvalue weighted by molar-refractivity contribution is 0.102. The molecule has 3 nitrogen and oxygen atoms in total. The van der Waals surface area contributed by atoms with Gasteiger partial charge in [0.25, 0.3) is 5.91 Å². The maximum absolute atomic E-state index is 12.9. The van der Waals surface area contributed by atoms with Gasteiger partial charge in [-0.05, 0) is 30.3 Å². The Morgan fingerprint density at radius 1 is 1.22 bits per heavy atom. The van der Waals surface area contributed by atoms with Gasteiger partial charge < -0.3 is 11.1 Å². The third-order valence-corrected chi connectivity index (χ3v) is 2.70. The Hall–Kier alpha value is -2.07. The molecule has 2 aromatic rings. The first-order valence-electron chi connectivity index (χ1n) is 5.19. The molecule has 0 radical (unpaired) electrons. The van der Waals surface area contributed by atoms with Crippen molar-refractivity contribution in [1.29, 1.82) is 0 Å². The minimum Gasteiger partial charge on any atom is -0.397 e. The van der Waals surface area contributed by atoms with Crippen molar-refractivity contribution in [2.75, 3.05) is 11.1 Å². The van der Waals surface area contributed by atoms with Crippen molar-refractivity contribution in [3.05, 3.63) is 58.9 Å². The van der Waals surface area contributed by atoms with Crippen LogP contribution in [0.3, 0.4) is 0 Å². The lowest BCUT2D eigenvalue weighted by Crippen LogP contribution is -2.13. The fraction of sp³-hybridized carbons (Fsp3) is 0. The smallest absolute Gasteiger partial charge is 0.257 e. The molecule has 1 amide bonds. The molecule has 0 unspecified atom stereocenters. The van der Waals surface area contributed by atoms with Gasteiger partial charge >= 0.3 is 0 Å². The van der Waals surface area contributed by atoms with Crippen LogP contribution in [0, 0.1) is 5.82 Å². The van der Waals surface area contributed by atoms with E-state index in [1.165, 1.54) is 12.1 Å². The molecular formula is C13H10ClFN2O. The van der Waals surface area contributed by atoms with E-state index in [4.69, 9.17) is 17.3 Å². The summed E-state index contributed by atoms with van der Waals surface area (Å²) in [6, 6.07) is 10.4. The number of halogens is 2. The lowest BCUT2D eigenvalue weighted by atomic mass is 10.2. The summed E-state index contributed by atoms with van der Waals surface area (Å²) in [6.07, 6.45) is 0. The summed E-state index contributed by atoms with van der Waals surface area (Å²) < 4.78 is 12.9. The highest BCUT2D eigenvalue weighted by Gasteiger charge is 2.12. The van der Waals surface area contributed by atoms with Crippen LogP contribution in [0.1, 0.15) is 10.4 Å². The number of hydrogen-bond donors (Lipinski definition) is 2. The Balaban J connectivity index is 2.25. The zero-order valence-corrected chi connectivity index (χ0v) is 10.0. The number of anilines is 2. The number of carbonyl (C=O) groups is 1.